The second-order valence-corrected chi connectivity index (χ2v) is 7.09. The van der Waals surface area contributed by atoms with Crippen molar-refractivity contribution in [2.24, 2.45) is 0 Å². The zero-order chi connectivity index (χ0) is 16.5. The van der Waals surface area contributed by atoms with Crippen molar-refractivity contribution >= 4 is 28.3 Å². The molecule has 2 aromatic rings. The molecule has 1 N–H and O–H groups in total. The molecule has 4 heterocycles. The number of anilines is 1. The lowest BCUT2D eigenvalue weighted by Gasteiger charge is -2.39. The van der Waals surface area contributed by atoms with E-state index in [0.717, 1.165) is 36.1 Å². The van der Waals surface area contributed by atoms with Gasteiger partial charge in [0.2, 0.25) is 0 Å². The van der Waals surface area contributed by atoms with Gasteiger partial charge in [-0.15, -0.1) is 0 Å². The van der Waals surface area contributed by atoms with Crippen molar-refractivity contribution < 1.29 is 0 Å². The lowest BCUT2D eigenvalue weighted by atomic mass is 9.97. The fourth-order valence-electron chi connectivity index (χ4n) is 4.28. The van der Waals surface area contributed by atoms with Crippen molar-refractivity contribution in [3.05, 3.63) is 29.5 Å². The summed E-state index contributed by atoms with van der Waals surface area (Å²) in [6.07, 6.45) is 7.06. The summed E-state index contributed by atoms with van der Waals surface area (Å²) in [4.78, 5) is 11.4. The van der Waals surface area contributed by atoms with Gasteiger partial charge < -0.3 is 5.32 Å². The fraction of sp³-hybridized carbons (Fsp3) is 0.500. The van der Waals surface area contributed by atoms with Gasteiger partial charge in [-0.2, -0.15) is 5.26 Å². The lowest BCUT2D eigenvalue weighted by Crippen LogP contribution is -2.47. The van der Waals surface area contributed by atoms with E-state index in [1.165, 1.54) is 12.8 Å². The highest BCUT2D eigenvalue weighted by atomic mass is 35.5. The number of hydrogen-bond donors (Lipinski definition) is 1. The molecule has 2 fully saturated rings. The minimum Gasteiger partial charge on any atom is -0.367 e. The second kappa shape index (κ2) is 6.54. The van der Waals surface area contributed by atoms with Crippen LogP contribution < -0.4 is 5.32 Å². The van der Waals surface area contributed by atoms with Crippen LogP contribution in [0, 0.1) is 11.3 Å². The molecule has 2 aliphatic rings. The highest BCUT2D eigenvalue weighted by molar-refractivity contribution is 6.30. The maximum Gasteiger partial charge on any atom is 0.137 e. The van der Waals surface area contributed by atoms with Crippen LogP contribution in [0.5, 0.6) is 0 Å². The number of nitrogens with zero attached hydrogens (tertiary/aromatic N) is 4. The summed E-state index contributed by atoms with van der Waals surface area (Å²) in [5.74, 6) is 0.834. The standard InChI is InChI=1S/C18H20ClN5/c19-17-11-16-15(3-1-7-21-16)18(23-17)22-12-9-13-4-5-14(10-12)24(13)8-2-6-20/h1,3,7,11-14H,2,4-5,8-10H2,(H,22,23). The average molecular weight is 342 g/mol. The first kappa shape index (κ1) is 15.6. The number of halogens is 1. The normalized spacial score (nSPS) is 26.4. The van der Waals surface area contributed by atoms with E-state index in [1.807, 2.05) is 12.1 Å². The second-order valence-electron chi connectivity index (χ2n) is 6.71. The van der Waals surface area contributed by atoms with E-state index < -0.39 is 0 Å². The third-order valence-corrected chi connectivity index (χ3v) is 5.47. The van der Waals surface area contributed by atoms with Crippen LogP contribution in [0.2, 0.25) is 5.15 Å². The molecule has 2 atom stereocenters. The zero-order valence-corrected chi connectivity index (χ0v) is 14.2. The van der Waals surface area contributed by atoms with Crippen molar-refractivity contribution in [3.63, 3.8) is 0 Å². The van der Waals surface area contributed by atoms with Gasteiger partial charge in [0.1, 0.15) is 11.0 Å². The van der Waals surface area contributed by atoms with Gasteiger partial charge in [-0.3, -0.25) is 9.88 Å². The van der Waals surface area contributed by atoms with Gasteiger partial charge >= 0.3 is 0 Å². The van der Waals surface area contributed by atoms with Gasteiger partial charge in [0, 0.05) is 48.7 Å². The molecule has 0 aromatic carbocycles. The molecule has 2 bridgehead atoms. The molecule has 0 amide bonds. The van der Waals surface area contributed by atoms with Gasteiger partial charge in [0.15, 0.2) is 0 Å². The van der Waals surface area contributed by atoms with Crippen LogP contribution >= 0.6 is 11.6 Å². The number of nitriles is 1. The van der Waals surface area contributed by atoms with Gasteiger partial charge in [-0.05, 0) is 37.8 Å². The molecule has 0 aliphatic carbocycles. The Morgan fingerprint density at radius 2 is 2.12 bits per heavy atom. The first-order chi connectivity index (χ1) is 11.7. The highest BCUT2D eigenvalue weighted by Gasteiger charge is 2.40. The number of aromatic nitrogens is 2. The molecule has 6 heteroatoms. The molecule has 0 radical (unpaired) electrons. The van der Waals surface area contributed by atoms with Crippen LogP contribution in [0.1, 0.15) is 32.1 Å². The van der Waals surface area contributed by atoms with Crippen molar-refractivity contribution in [2.75, 3.05) is 11.9 Å². The maximum absolute atomic E-state index is 8.85. The fourth-order valence-corrected chi connectivity index (χ4v) is 4.47. The molecule has 124 valence electrons. The molecule has 0 saturated carbocycles. The summed E-state index contributed by atoms with van der Waals surface area (Å²) < 4.78 is 0. The van der Waals surface area contributed by atoms with Crippen molar-refractivity contribution in [1.29, 1.82) is 5.26 Å². The number of pyridine rings is 2. The van der Waals surface area contributed by atoms with Crippen molar-refractivity contribution in [2.45, 2.75) is 50.2 Å². The summed E-state index contributed by atoms with van der Waals surface area (Å²) in [5, 5.41) is 13.9. The SMILES string of the molecule is N#CCCN1C2CCC1CC(Nc1nc(Cl)cc3ncccc13)C2. The van der Waals surface area contributed by atoms with Crippen molar-refractivity contribution in [3.8, 4) is 6.07 Å². The minimum absolute atomic E-state index is 0.398. The third-order valence-electron chi connectivity index (χ3n) is 5.28. The molecule has 2 saturated heterocycles. The predicted molar refractivity (Wildman–Crippen MR) is 94.9 cm³/mol. The number of hydrogen-bond acceptors (Lipinski definition) is 5. The molecule has 4 rings (SSSR count). The Bertz CT molecular complexity index is 773. The largest absolute Gasteiger partial charge is 0.367 e. The first-order valence-electron chi connectivity index (χ1n) is 8.55. The Labute approximate surface area is 146 Å². The topological polar surface area (TPSA) is 64.8 Å². The first-order valence-corrected chi connectivity index (χ1v) is 8.93. The number of fused-ring (bicyclic) bond motifs is 3. The quantitative estimate of drug-likeness (QED) is 0.861. The van der Waals surface area contributed by atoms with Crippen LogP contribution in [0.3, 0.4) is 0 Å². The Morgan fingerprint density at radius 1 is 1.33 bits per heavy atom. The van der Waals surface area contributed by atoms with E-state index in [4.69, 9.17) is 16.9 Å². The van der Waals surface area contributed by atoms with Crippen LogP contribution in [0.4, 0.5) is 5.82 Å². The van der Waals surface area contributed by atoms with Crippen LogP contribution in [0.15, 0.2) is 24.4 Å². The van der Waals surface area contributed by atoms with E-state index in [9.17, 15) is 0 Å². The summed E-state index contributed by atoms with van der Waals surface area (Å²) in [6, 6.07) is 9.60. The monoisotopic (exact) mass is 341 g/mol. The zero-order valence-electron chi connectivity index (χ0n) is 13.5. The number of piperidine rings is 1. The molecular formula is C18H20ClN5. The van der Waals surface area contributed by atoms with Gasteiger partial charge in [-0.1, -0.05) is 11.6 Å². The average Bonchev–Trinajstić information content (AvgIpc) is 2.81. The minimum atomic E-state index is 0.398. The number of nitrogens with one attached hydrogen (secondary N) is 1. The van der Waals surface area contributed by atoms with Gasteiger partial charge in [0.05, 0.1) is 11.6 Å². The molecule has 0 spiro atoms. The van der Waals surface area contributed by atoms with E-state index in [-0.39, 0.29) is 0 Å². The molecule has 24 heavy (non-hydrogen) atoms. The van der Waals surface area contributed by atoms with Crippen LogP contribution in [-0.2, 0) is 0 Å². The van der Waals surface area contributed by atoms with E-state index in [1.54, 1.807) is 12.3 Å². The number of rotatable bonds is 4. The Kier molecular flexibility index (Phi) is 4.26. The third kappa shape index (κ3) is 2.92. The predicted octanol–water partition coefficient (Wildman–Crippen LogP) is 3.60. The Balaban J connectivity index is 1.53. The lowest BCUT2D eigenvalue weighted by molar-refractivity contribution is 0.136. The Hall–Kier alpha value is -1.90. The smallest absolute Gasteiger partial charge is 0.137 e. The summed E-state index contributed by atoms with van der Waals surface area (Å²) >= 11 is 6.16. The highest BCUT2D eigenvalue weighted by Crippen LogP contribution is 2.37. The van der Waals surface area contributed by atoms with Gasteiger partial charge in [-0.25, -0.2) is 4.98 Å². The summed E-state index contributed by atoms with van der Waals surface area (Å²) in [5.41, 5.74) is 0.870. The van der Waals surface area contributed by atoms with E-state index >= 15 is 0 Å². The van der Waals surface area contributed by atoms with E-state index in [2.05, 4.69) is 26.3 Å². The molecule has 2 unspecified atom stereocenters. The summed E-state index contributed by atoms with van der Waals surface area (Å²) in [6.45, 7) is 0.904. The molecule has 2 aliphatic heterocycles. The van der Waals surface area contributed by atoms with Crippen LogP contribution in [-0.4, -0.2) is 39.5 Å². The molecule has 2 aromatic heterocycles. The molecular weight excluding hydrogens is 322 g/mol. The van der Waals surface area contributed by atoms with Crippen LogP contribution in [0.25, 0.3) is 10.9 Å². The Morgan fingerprint density at radius 3 is 2.88 bits per heavy atom. The molecule has 5 nitrogen and oxygen atoms in total. The maximum atomic E-state index is 8.85. The van der Waals surface area contributed by atoms with Gasteiger partial charge in [0.25, 0.3) is 0 Å². The van der Waals surface area contributed by atoms with Crippen molar-refractivity contribution in [1.82, 2.24) is 14.9 Å². The summed E-state index contributed by atoms with van der Waals surface area (Å²) in [7, 11) is 0. The van der Waals surface area contributed by atoms with E-state index in [0.29, 0.717) is 29.7 Å².